The van der Waals surface area contributed by atoms with E-state index in [9.17, 15) is 13.2 Å². The van der Waals surface area contributed by atoms with E-state index in [1.165, 1.54) is 5.56 Å². The van der Waals surface area contributed by atoms with Crippen molar-refractivity contribution >= 4 is 22.2 Å². The minimum Gasteiger partial charge on any atom is -0.319 e. The number of likely N-dealkylation sites (N-methyl/N-ethyl adjacent to an activating group) is 1. The van der Waals surface area contributed by atoms with Gasteiger partial charge in [0.2, 0.25) is 6.29 Å². The van der Waals surface area contributed by atoms with Crippen LogP contribution in [0.4, 0.5) is 13.2 Å². The van der Waals surface area contributed by atoms with Crippen molar-refractivity contribution in [3.8, 4) is 0 Å². The summed E-state index contributed by atoms with van der Waals surface area (Å²) in [5.74, 6) is 0. The first-order chi connectivity index (χ1) is 8.89. The van der Waals surface area contributed by atoms with Crippen molar-refractivity contribution in [2.24, 2.45) is 0 Å². The van der Waals surface area contributed by atoms with Crippen molar-refractivity contribution in [3.05, 3.63) is 34.3 Å². The normalized spacial score (nSPS) is 9.63. The number of hydrogen-bond acceptors (Lipinski definition) is 2. The van der Waals surface area contributed by atoms with Crippen LogP contribution < -0.4 is 5.32 Å². The lowest BCUT2D eigenvalue weighted by Crippen LogP contribution is -2.10. The molecule has 2 nitrogen and oxygen atoms in total. The summed E-state index contributed by atoms with van der Waals surface area (Å²) < 4.78 is 32.4. The van der Waals surface area contributed by atoms with Crippen molar-refractivity contribution in [3.63, 3.8) is 0 Å². The van der Waals surface area contributed by atoms with Crippen molar-refractivity contribution in [1.29, 1.82) is 0 Å². The molecular weight excluding hydrogens is 323 g/mol. The Morgan fingerprint density at radius 1 is 1.32 bits per heavy atom. The molecule has 0 saturated carbocycles. The van der Waals surface area contributed by atoms with Crippen LogP contribution in [0.3, 0.4) is 0 Å². The first-order valence-corrected chi connectivity index (χ1v) is 6.60. The smallest absolute Gasteiger partial charge is 0.319 e. The Hall–Kier alpha value is -0.880. The average Bonchev–Trinajstić information content (AvgIpc) is 2.39. The minimum atomic E-state index is -4.64. The Labute approximate surface area is 120 Å². The topological polar surface area (TPSA) is 29.1 Å². The molecule has 0 aliphatic rings. The predicted molar refractivity (Wildman–Crippen MR) is 75.2 cm³/mol. The van der Waals surface area contributed by atoms with Gasteiger partial charge in [0, 0.05) is 4.47 Å². The summed E-state index contributed by atoms with van der Waals surface area (Å²) in [7, 11) is 1.97. The number of carbonyl (C=O) groups excluding carboxylic acids is 1. The summed E-state index contributed by atoms with van der Waals surface area (Å²) in [6, 6.07) is 8.40. The lowest BCUT2D eigenvalue weighted by atomic mass is 10.1. The highest BCUT2D eigenvalue weighted by Gasteiger charge is 2.24. The molecule has 0 fully saturated rings. The van der Waals surface area contributed by atoms with Crippen LogP contribution in [0.2, 0.25) is 0 Å². The van der Waals surface area contributed by atoms with Crippen molar-refractivity contribution < 1.29 is 18.0 Å². The SMILES string of the molecule is CC.CNCCc1cccc(Br)c1.O=CC(F)(F)F. The summed E-state index contributed by atoms with van der Waals surface area (Å²) in [5, 5.41) is 3.12. The van der Waals surface area contributed by atoms with Crippen LogP contribution in [0.1, 0.15) is 19.4 Å². The fraction of sp³-hybridized carbons (Fsp3) is 0.462. The van der Waals surface area contributed by atoms with Crippen molar-refractivity contribution in [1.82, 2.24) is 5.32 Å². The Morgan fingerprint density at radius 2 is 1.84 bits per heavy atom. The molecule has 0 saturated heterocycles. The van der Waals surface area contributed by atoms with Gasteiger partial charge < -0.3 is 5.32 Å². The maximum atomic E-state index is 10.4. The molecule has 6 heteroatoms. The molecule has 19 heavy (non-hydrogen) atoms. The molecule has 110 valence electrons. The summed E-state index contributed by atoms with van der Waals surface area (Å²) in [6.07, 6.45) is -4.61. The van der Waals surface area contributed by atoms with Gasteiger partial charge >= 0.3 is 6.18 Å². The number of nitrogens with one attached hydrogen (secondary N) is 1. The van der Waals surface area contributed by atoms with E-state index in [2.05, 4.69) is 39.4 Å². The number of carbonyl (C=O) groups is 1. The van der Waals surface area contributed by atoms with Crippen LogP contribution in [0.15, 0.2) is 28.7 Å². The lowest BCUT2D eigenvalue weighted by molar-refractivity contribution is -0.156. The molecule has 1 aromatic carbocycles. The number of hydrogen-bond donors (Lipinski definition) is 1. The van der Waals surface area contributed by atoms with E-state index in [1.807, 2.05) is 27.0 Å². The summed E-state index contributed by atoms with van der Waals surface area (Å²) in [5.41, 5.74) is 1.37. The average molecular weight is 342 g/mol. The second-order valence-electron chi connectivity index (χ2n) is 3.14. The van der Waals surface area contributed by atoms with Gasteiger partial charge in [0.1, 0.15) is 0 Å². The third-order valence-corrected chi connectivity index (χ3v) is 2.18. The zero-order valence-electron chi connectivity index (χ0n) is 11.2. The van der Waals surface area contributed by atoms with Gasteiger partial charge in [-0.1, -0.05) is 41.9 Å². The first kappa shape index (κ1) is 20.4. The van der Waals surface area contributed by atoms with Gasteiger partial charge in [-0.15, -0.1) is 0 Å². The van der Waals surface area contributed by atoms with Crippen LogP contribution in [0, 0.1) is 0 Å². The molecule has 0 aliphatic carbocycles. The van der Waals surface area contributed by atoms with E-state index >= 15 is 0 Å². The number of halogens is 4. The molecule has 0 heterocycles. The van der Waals surface area contributed by atoms with E-state index in [0.717, 1.165) is 17.4 Å². The molecular formula is C13H19BrF3NO. The van der Waals surface area contributed by atoms with Gasteiger partial charge in [-0.25, -0.2) is 0 Å². The Bertz CT molecular complexity index is 343. The standard InChI is InChI=1S/C9H12BrN.C2HF3O.C2H6/c1-11-6-5-8-3-2-4-9(10)7-8;3-2(4,5)1-6;1-2/h2-4,7,11H,5-6H2,1H3;1H;1-2H3. The fourth-order valence-electron chi connectivity index (χ4n) is 0.962. The number of benzene rings is 1. The highest BCUT2D eigenvalue weighted by molar-refractivity contribution is 9.10. The highest BCUT2D eigenvalue weighted by atomic mass is 79.9. The van der Waals surface area contributed by atoms with Crippen LogP contribution in [-0.4, -0.2) is 26.1 Å². The van der Waals surface area contributed by atoms with Gasteiger partial charge in [-0.3, -0.25) is 4.79 Å². The number of rotatable bonds is 3. The van der Waals surface area contributed by atoms with Crippen LogP contribution in [0.5, 0.6) is 0 Å². The molecule has 1 rings (SSSR count). The van der Waals surface area contributed by atoms with Crippen LogP contribution in [0.25, 0.3) is 0 Å². The number of alkyl halides is 3. The van der Waals surface area contributed by atoms with E-state index in [-0.39, 0.29) is 0 Å². The summed E-state index contributed by atoms with van der Waals surface area (Å²) in [6.45, 7) is 5.04. The van der Waals surface area contributed by atoms with Crippen LogP contribution >= 0.6 is 15.9 Å². The molecule has 0 spiro atoms. The minimum absolute atomic E-state index is 1.04. The Balaban J connectivity index is 0. The summed E-state index contributed by atoms with van der Waals surface area (Å²) >= 11 is 3.43. The molecule has 0 radical (unpaired) electrons. The number of aldehydes is 1. The van der Waals surface area contributed by atoms with E-state index in [4.69, 9.17) is 4.79 Å². The maximum absolute atomic E-state index is 10.4. The molecule has 0 aromatic heterocycles. The van der Waals surface area contributed by atoms with Crippen molar-refractivity contribution in [2.45, 2.75) is 26.4 Å². The largest absolute Gasteiger partial charge is 0.446 e. The second-order valence-corrected chi connectivity index (χ2v) is 4.06. The fourth-order valence-corrected chi connectivity index (χ4v) is 1.41. The van der Waals surface area contributed by atoms with E-state index < -0.39 is 12.5 Å². The second kappa shape index (κ2) is 12.2. The molecule has 0 bridgehead atoms. The van der Waals surface area contributed by atoms with Gasteiger partial charge in [0.25, 0.3) is 0 Å². The van der Waals surface area contributed by atoms with Crippen LogP contribution in [-0.2, 0) is 11.2 Å². The monoisotopic (exact) mass is 341 g/mol. The van der Waals surface area contributed by atoms with Gasteiger partial charge in [-0.05, 0) is 37.7 Å². The lowest BCUT2D eigenvalue weighted by Gasteiger charge is -1.99. The van der Waals surface area contributed by atoms with E-state index in [1.54, 1.807) is 0 Å². The molecule has 0 unspecified atom stereocenters. The molecule has 0 atom stereocenters. The van der Waals surface area contributed by atoms with Gasteiger partial charge in [0.05, 0.1) is 0 Å². The predicted octanol–water partition coefficient (Wildman–Crippen LogP) is 3.98. The summed E-state index contributed by atoms with van der Waals surface area (Å²) in [4.78, 5) is 8.70. The zero-order chi connectivity index (χ0) is 15.3. The third-order valence-electron chi connectivity index (χ3n) is 1.69. The zero-order valence-corrected chi connectivity index (χ0v) is 12.8. The molecule has 0 amide bonds. The van der Waals surface area contributed by atoms with Gasteiger partial charge in [0.15, 0.2) is 0 Å². The van der Waals surface area contributed by atoms with Gasteiger partial charge in [-0.2, -0.15) is 13.2 Å². The third kappa shape index (κ3) is 15.1. The Kier molecular flexibility index (Phi) is 13.1. The highest BCUT2D eigenvalue weighted by Crippen LogP contribution is 2.11. The Morgan fingerprint density at radius 3 is 2.21 bits per heavy atom. The molecule has 0 aliphatic heterocycles. The quantitative estimate of drug-likeness (QED) is 0.842. The molecule has 1 aromatic rings. The molecule has 1 N–H and O–H groups in total. The first-order valence-electron chi connectivity index (χ1n) is 5.81. The van der Waals surface area contributed by atoms with Crippen molar-refractivity contribution in [2.75, 3.05) is 13.6 Å². The van der Waals surface area contributed by atoms with E-state index in [0.29, 0.717) is 0 Å². The maximum Gasteiger partial charge on any atom is 0.446 e.